The number of aryl methyl sites for hydroxylation is 1. The van der Waals surface area contributed by atoms with E-state index in [2.05, 4.69) is 33.1 Å². The van der Waals surface area contributed by atoms with E-state index in [1.807, 2.05) is 30.1 Å². The zero-order valence-electron chi connectivity index (χ0n) is 18.6. The lowest BCUT2D eigenvalue weighted by Gasteiger charge is -2.37. The van der Waals surface area contributed by atoms with Gasteiger partial charge in [0.2, 0.25) is 5.91 Å². The lowest BCUT2D eigenvalue weighted by molar-refractivity contribution is -0.133. The number of halogens is 1. The molecule has 2 aliphatic heterocycles. The molecule has 0 aliphatic carbocycles. The molecule has 0 radical (unpaired) electrons. The second kappa shape index (κ2) is 11.2. The summed E-state index contributed by atoms with van der Waals surface area (Å²) in [6.45, 7) is 8.60. The summed E-state index contributed by atoms with van der Waals surface area (Å²) < 4.78 is 6.01. The minimum Gasteiger partial charge on any atom is -0.459 e. The number of nitrogens with zero attached hydrogens (tertiary/aromatic N) is 4. The number of nitrogens with one attached hydrogen (secondary N) is 1. The predicted molar refractivity (Wildman–Crippen MR) is 135 cm³/mol. The number of benzene rings is 1. The van der Waals surface area contributed by atoms with Crippen molar-refractivity contribution in [2.24, 2.45) is 4.99 Å². The van der Waals surface area contributed by atoms with Crippen LogP contribution in [0.1, 0.15) is 30.6 Å². The molecule has 0 spiro atoms. The topological polar surface area (TPSA) is 64.3 Å². The quantitative estimate of drug-likeness (QED) is 0.368. The van der Waals surface area contributed by atoms with Crippen LogP contribution < -0.4 is 5.32 Å². The van der Waals surface area contributed by atoms with E-state index in [1.54, 1.807) is 0 Å². The van der Waals surface area contributed by atoms with Gasteiger partial charge in [-0.05, 0) is 32.3 Å². The largest absolute Gasteiger partial charge is 0.459 e. The Labute approximate surface area is 201 Å². The molecule has 2 saturated heterocycles. The van der Waals surface area contributed by atoms with Gasteiger partial charge in [0.05, 0.1) is 13.1 Å². The van der Waals surface area contributed by atoms with Crippen molar-refractivity contribution in [3.8, 4) is 0 Å². The number of amides is 1. The number of carbonyl (C=O) groups excluding carboxylic acids is 1. The normalized spacial score (nSPS) is 18.2. The van der Waals surface area contributed by atoms with Crippen LogP contribution >= 0.6 is 24.0 Å². The fourth-order valence-electron chi connectivity index (χ4n) is 4.44. The lowest BCUT2D eigenvalue weighted by atomic mass is 10.1. The zero-order valence-corrected chi connectivity index (χ0v) is 20.9. The van der Waals surface area contributed by atoms with Gasteiger partial charge in [0, 0.05) is 57.3 Å². The zero-order chi connectivity index (χ0) is 20.9. The molecule has 2 fully saturated rings. The molecule has 0 saturated carbocycles. The van der Waals surface area contributed by atoms with Crippen molar-refractivity contribution in [2.75, 3.05) is 52.9 Å². The molecule has 0 unspecified atom stereocenters. The second-order valence-electron chi connectivity index (χ2n) is 8.25. The molecular formula is C23H34IN5O2. The highest BCUT2D eigenvalue weighted by Crippen LogP contribution is 2.24. The number of hydrogen-bond acceptors (Lipinski definition) is 4. The van der Waals surface area contributed by atoms with Crippen LogP contribution in [0.15, 0.2) is 33.7 Å². The summed E-state index contributed by atoms with van der Waals surface area (Å²) in [6, 6.07) is 8.13. The number of aliphatic imine (C=N–C) groups is 1. The van der Waals surface area contributed by atoms with Gasteiger partial charge in [-0.15, -0.1) is 24.0 Å². The van der Waals surface area contributed by atoms with Crippen LogP contribution in [0.5, 0.6) is 0 Å². The Kier molecular flexibility index (Phi) is 8.59. The summed E-state index contributed by atoms with van der Waals surface area (Å²) in [6.07, 6.45) is 3.54. The highest BCUT2D eigenvalue weighted by atomic mass is 127. The average Bonchev–Trinajstić information content (AvgIpc) is 3.11. The Hall–Kier alpha value is -1.81. The monoisotopic (exact) mass is 539 g/mol. The number of para-hydroxylation sites is 1. The Morgan fingerprint density at radius 3 is 2.42 bits per heavy atom. The molecule has 2 aliphatic rings. The first-order chi connectivity index (χ1) is 14.7. The number of rotatable bonds is 4. The molecule has 7 nitrogen and oxygen atoms in total. The van der Waals surface area contributed by atoms with Crippen molar-refractivity contribution in [2.45, 2.75) is 32.7 Å². The fourth-order valence-corrected chi connectivity index (χ4v) is 4.44. The van der Waals surface area contributed by atoms with Crippen LogP contribution in [0.25, 0.3) is 11.0 Å². The van der Waals surface area contributed by atoms with E-state index in [9.17, 15) is 4.79 Å². The summed E-state index contributed by atoms with van der Waals surface area (Å²) in [4.78, 5) is 23.6. The summed E-state index contributed by atoms with van der Waals surface area (Å²) in [7, 11) is 1.82. The van der Waals surface area contributed by atoms with Crippen molar-refractivity contribution < 1.29 is 9.21 Å². The maximum atomic E-state index is 12.5. The van der Waals surface area contributed by atoms with Crippen molar-refractivity contribution >= 4 is 46.8 Å². The van der Waals surface area contributed by atoms with Crippen molar-refractivity contribution in [1.29, 1.82) is 0 Å². The van der Waals surface area contributed by atoms with Gasteiger partial charge < -0.3 is 19.5 Å². The molecule has 4 rings (SSSR count). The molecule has 1 amide bonds. The number of carbonyl (C=O) groups is 1. The van der Waals surface area contributed by atoms with Crippen LogP contribution in [-0.4, -0.2) is 79.4 Å². The fraction of sp³-hybridized carbons (Fsp3) is 0.565. The highest BCUT2D eigenvalue weighted by Gasteiger charge is 2.24. The Morgan fingerprint density at radius 2 is 1.74 bits per heavy atom. The molecule has 170 valence electrons. The van der Waals surface area contributed by atoms with E-state index >= 15 is 0 Å². The van der Waals surface area contributed by atoms with Gasteiger partial charge >= 0.3 is 0 Å². The summed E-state index contributed by atoms with van der Waals surface area (Å²) in [5.74, 6) is 2.12. The molecule has 0 bridgehead atoms. The van der Waals surface area contributed by atoms with Gasteiger partial charge in [-0.25, -0.2) is 0 Å². The minimum atomic E-state index is 0. The van der Waals surface area contributed by atoms with Crippen molar-refractivity contribution in [1.82, 2.24) is 20.0 Å². The molecule has 1 N–H and O–H groups in total. The summed E-state index contributed by atoms with van der Waals surface area (Å²) in [5.41, 5.74) is 2.10. The van der Waals surface area contributed by atoms with Crippen LogP contribution in [-0.2, 0) is 11.3 Å². The predicted octanol–water partition coefficient (Wildman–Crippen LogP) is 3.06. The van der Waals surface area contributed by atoms with Crippen LogP contribution in [0.4, 0.5) is 0 Å². The Bertz CT molecular complexity index is 899. The summed E-state index contributed by atoms with van der Waals surface area (Å²) in [5, 5.41) is 4.62. The van der Waals surface area contributed by atoms with Gasteiger partial charge in [-0.3, -0.25) is 14.7 Å². The maximum Gasteiger partial charge on any atom is 0.236 e. The van der Waals surface area contributed by atoms with Gasteiger partial charge in [0.15, 0.2) is 5.96 Å². The van der Waals surface area contributed by atoms with E-state index in [0.717, 1.165) is 74.8 Å². The van der Waals surface area contributed by atoms with Crippen molar-refractivity contribution in [3.63, 3.8) is 0 Å². The second-order valence-corrected chi connectivity index (χ2v) is 8.25. The Balaban J connectivity index is 0.00000272. The van der Waals surface area contributed by atoms with Gasteiger partial charge in [0.1, 0.15) is 11.3 Å². The molecule has 0 atom stereocenters. The van der Waals surface area contributed by atoms with Crippen LogP contribution in [0, 0.1) is 6.92 Å². The van der Waals surface area contributed by atoms with E-state index < -0.39 is 0 Å². The van der Waals surface area contributed by atoms with Gasteiger partial charge in [0.25, 0.3) is 0 Å². The van der Waals surface area contributed by atoms with Crippen molar-refractivity contribution in [3.05, 3.63) is 35.6 Å². The molecule has 3 heterocycles. The number of furan rings is 1. The lowest BCUT2D eigenvalue weighted by Crippen LogP contribution is -2.54. The number of hydrogen-bond donors (Lipinski definition) is 1. The molecule has 1 aromatic heterocycles. The minimum absolute atomic E-state index is 0. The van der Waals surface area contributed by atoms with E-state index in [1.165, 1.54) is 12.0 Å². The number of likely N-dealkylation sites (tertiary alicyclic amines) is 1. The van der Waals surface area contributed by atoms with Crippen LogP contribution in [0.2, 0.25) is 0 Å². The molecule has 31 heavy (non-hydrogen) atoms. The molecule has 1 aromatic carbocycles. The van der Waals surface area contributed by atoms with E-state index in [-0.39, 0.29) is 29.9 Å². The standard InChI is InChI=1S/C23H33N5O2.HI/c1-18-19-8-4-5-9-20(19)30-21(18)16-25-23(24-2)28-14-12-26(13-15-28)17-22(29)27-10-6-3-7-11-27;/h4-5,8-9H,3,6-7,10-17H2,1-2H3,(H,24,25);1H. The maximum absolute atomic E-state index is 12.5. The van der Waals surface area contributed by atoms with E-state index in [4.69, 9.17) is 4.42 Å². The molecule has 2 aromatic rings. The number of fused-ring (bicyclic) bond motifs is 1. The third kappa shape index (κ3) is 5.71. The SMILES string of the molecule is CN=C(NCc1oc2ccccc2c1C)N1CCN(CC(=O)N2CCCCC2)CC1.I. The number of piperazine rings is 1. The van der Waals surface area contributed by atoms with Gasteiger partial charge in [-0.1, -0.05) is 18.2 Å². The average molecular weight is 539 g/mol. The Morgan fingerprint density at radius 1 is 1.03 bits per heavy atom. The number of guanidine groups is 1. The first kappa shape index (κ1) is 23.8. The third-order valence-corrected chi connectivity index (χ3v) is 6.30. The smallest absolute Gasteiger partial charge is 0.236 e. The first-order valence-corrected chi connectivity index (χ1v) is 11.1. The van der Waals surface area contributed by atoms with E-state index in [0.29, 0.717) is 13.1 Å². The first-order valence-electron chi connectivity index (χ1n) is 11.1. The third-order valence-electron chi connectivity index (χ3n) is 6.30. The highest BCUT2D eigenvalue weighted by molar-refractivity contribution is 14.0. The molecule has 8 heteroatoms. The van der Waals surface area contributed by atoms with Gasteiger partial charge in [-0.2, -0.15) is 0 Å². The summed E-state index contributed by atoms with van der Waals surface area (Å²) >= 11 is 0. The number of piperidine rings is 1. The van der Waals surface area contributed by atoms with Crippen LogP contribution in [0.3, 0.4) is 0 Å². The molecular weight excluding hydrogens is 505 g/mol.